The standard InChI is InChI=1S/C13H23N3/c1-10-4-5-12(8-11(10)2)14-9-13-6-7-16(3)15-13/h6-7,10-12,14H,4-5,8-9H2,1-3H3. The lowest BCUT2D eigenvalue weighted by Gasteiger charge is -2.32. The van der Waals surface area contributed by atoms with Crippen LogP contribution in [0.4, 0.5) is 0 Å². The average molecular weight is 221 g/mol. The summed E-state index contributed by atoms with van der Waals surface area (Å²) in [5.74, 6) is 1.75. The highest BCUT2D eigenvalue weighted by Gasteiger charge is 2.23. The fourth-order valence-corrected chi connectivity index (χ4v) is 2.54. The molecule has 1 fully saturated rings. The van der Waals surface area contributed by atoms with E-state index >= 15 is 0 Å². The first-order valence-electron chi connectivity index (χ1n) is 6.37. The van der Waals surface area contributed by atoms with Gasteiger partial charge in [0.15, 0.2) is 0 Å². The van der Waals surface area contributed by atoms with Gasteiger partial charge in [-0.25, -0.2) is 0 Å². The van der Waals surface area contributed by atoms with Gasteiger partial charge in [0.2, 0.25) is 0 Å². The summed E-state index contributed by atoms with van der Waals surface area (Å²) in [7, 11) is 1.97. The zero-order valence-corrected chi connectivity index (χ0v) is 10.6. The van der Waals surface area contributed by atoms with E-state index in [-0.39, 0.29) is 0 Å². The largest absolute Gasteiger partial charge is 0.308 e. The fourth-order valence-electron chi connectivity index (χ4n) is 2.54. The van der Waals surface area contributed by atoms with Crippen LogP contribution in [0.5, 0.6) is 0 Å². The van der Waals surface area contributed by atoms with Crippen LogP contribution >= 0.6 is 0 Å². The maximum atomic E-state index is 4.38. The minimum Gasteiger partial charge on any atom is -0.308 e. The van der Waals surface area contributed by atoms with E-state index in [1.165, 1.54) is 19.3 Å². The van der Waals surface area contributed by atoms with Gasteiger partial charge in [-0.05, 0) is 37.2 Å². The monoisotopic (exact) mass is 221 g/mol. The molecule has 0 aliphatic heterocycles. The molecule has 0 amide bonds. The molecule has 1 aliphatic carbocycles. The number of rotatable bonds is 3. The van der Waals surface area contributed by atoms with Crippen LogP contribution in [0.2, 0.25) is 0 Å². The summed E-state index contributed by atoms with van der Waals surface area (Å²) in [6, 6.07) is 2.77. The summed E-state index contributed by atoms with van der Waals surface area (Å²) in [5, 5.41) is 8.01. The quantitative estimate of drug-likeness (QED) is 0.849. The predicted octanol–water partition coefficient (Wildman–Crippen LogP) is 2.33. The highest BCUT2D eigenvalue weighted by Crippen LogP contribution is 2.29. The maximum absolute atomic E-state index is 4.38. The first kappa shape index (κ1) is 11.6. The molecule has 1 saturated carbocycles. The number of aromatic nitrogens is 2. The molecule has 3 heteroatoms. The minimum absolute atomic E-state index is 0.688. The van der Waals surface area contributed by atoms with Crippen LogP contribution in [0, 0.1) is 11.8 Å². The molecular weight excluding hydrogens is 198 g/mol. The Balaban J connectivity index is 1.78. The Hall–Kier alpha value is -0.830. The Morgan fingerprint density at radius 1 is 1.38 bits per heavy atom. The normalized spacial score (nSPS) is 30.6. The van der Waals surface area contributed by atoms with E-state index in [9.17, 15) is 0 Å². The Morgan fingerprint density at radius 3 is 2.81 bits per heavy atom. The van der Waals surface area contributed by atoms with Gasteiger partial charge in [-0.2, -0.15) is 5.10 Å². The van der Waals surface area contributed by atoms with Crippen molar-refractivity contribution in [2.24, 2.45) is 18.9 Å². The maximum Gasteiger partial charge on any atom is 0.0762 e. The summed E-state index contributed by atoms with van der Waals surface area (Å²) in [6.07, 6.45) is 6.00. The van der Waals surface area contributed by atoms with Gasteiger partial charge in [0.1, 0.15) is 0 Å². The summed E-state index contributed by atoms with van der Waals surface area (Å²) >= 11 is 0. The van der Waals surface area contributed by atoms with Gasteiger partial charge in [-0.1, -0.05) is 13.8 Å². The first-order chi connectivity index (χ1) is 7.65. The highest BCUT2D eigenvalue weighted by atomic mass is 15.3. The smallest absolute Gasteiger partial charge is 0.0762 e. The second-order valence-corrected chi connectivity index (χ2v) is 5.33. The molecule has 3 nitrogen and oxygen atoms in total. The van der Waals surface area contributed by atoms with Crippen molar-refractivity contribution in [2.75, 3.05) is 0 Å². The van der Waals surface area contributed by atoms with Gasteiger partial charge in [-0.15, -0.1) is 0 Å². The van der Waals surface area contributed by atoms with Gasteiger partial charge < -0.3 is 5.32 Å². The summed E-state index contributed by atoms with van der Waals surface area (Å²) in [6.45, 7) is 5.66. The summed E-state index contributed by atoms with van der Waals surface area (Å²) in [5.41, 5.74) is 1.15. The van der Waals surface area contributed by atoms with Crippen molar-refractivity contribution in [3.05, 3.63) is 18.0 Å². The molecule has 1 aromatic rings. The molecule has 0 bridgehead atoms. The number of hydrogen-bond donors (Lipinski definition) is 1. The van der Waals surface area contributed by atoms with Crippen LogP contribution in [0.15, 0.2) is 12.3 Å². The summed E-state index contributed by atoms with van der Waals surface area (Å²) in [4.78, 5) is 0. The van der Waals surface area contributed by atoms with Crippen molar-refractivity contribution in [1.82, 2.24) is 15.1 Å². The minimum atomic E-state index is 0.688. The molecule has 0 aromatic carbocycles. The zero-order valence-electron chi connectivity index (χ0n) is 10.6. The van der Waals surface area contributed by atoms with E-state index in [1.807, 2.05) is 17.9 Å². The molecule has 3 atom stereocenters. The molecular formula is C13H23N3. The van der Waals surface area contributed by atoms with Gasteiger partial charge >= 0.3 is 0 Å². The van der Waals surface area contributed by atoms with Crippen LogP contribution in [0.25, 0.3) is 0 Å². The van der Waals surface area contributed by atoms with E-state index in [2.05, 4.69) is 30.3 Å². The molecule has 2 rings (SSSR count). The van der Waals surface area contributed by atoms with E-state index < -0.39 is 0 Å². The highest BCUT2D eigenvalue weighted by molar-refractivity contribution is 4.98. The van der Waals surface area contributed by atoms with Crippen molar-refractivity contribution < 1.29 is 0 Å². The average Bonchev–Trinajstić information content (AvgIpc) is 2.66. The van der Waals surface area contributed by atoms with Crippen LogP contribution in [-0.4, -0.2) is 15.8 Å². The Labute approximate surface area is 98.2 Å². The number of aryl methyl sites for hydroxylation is 1. The second-order valence-electron chi connectivity index (χ2n) is 5.33. The van der Waals surface area contributed by atoms with Gasteiger partial charge in [0.25, 0.3) is 0 Å². The Kier molecular flexibility index (Phi) is 3.64. The molecule has 1 heterocycles. The lowest BCUT2D eigenvalue weighted by atomic mass is 9.79. The van der Waals surface area contributed by atoms with E-state index in [0.29, 0.717) is 6.04 Å². The molecule has 1 aromatic heterocycles. The molecule has 0 spiro atoms. The molecule has 90 valence electrons. The van der Waals surface area contributed by atoms with Gasteiger partial charge in [0, 0.05) is 25.8 Å². The van der Waals surface area contributed by atoms with Crippen molar-refractivity contribution >= 4 is 0 Å². The van der Waals surface area contributed by atoms with Crippen LogP contribution in [-0.2, 0) is 13.6 Å². The van der Waals surface area contributed by atoms with Crippen molar-refractivity contribution in [3.63, 3.8) is 0 Å². The summed E-state index contributed by atoms with van der Waals surface area (Å²) < 4.78 is 1.86. The number of nitrogens with zero attached hydrogens (tertiary/aromatic N) is 2. The topological polar surface area (TPSA) is 29.9 Å². The Bertz CT molecular complexity index is 332. The molecule has 0 saturated heterocycles. The first-order valence-corrected chi connectivity index (χ1v) is 6.37. The molecule has 0 radical (unpaired) electrons. The number of hydrogen-bond acceptors (Lipinski definition) is 2. The lowest BCUT2D eigenvalue weighted by Crippen LogP contribution is -2.35. The van der Waals surface area contributed by atoms with Gasteiger partial charge in [0.05, 0.1) is 5.69 Å². The third kappa shape index (κ3) is 2.85. The van der Waals surface area contributed by atoms with Crippen LogP contribution in [0.1, 0.15) is 38.8 Å². The van der Waals surface area contributed by atoms with Crippen molar-refractivity contribution in [1.29, 1.82) is 0 Å². The molecule has 1 aliphatic rings. The SMILES string of the molecule is CC1CCC(NCc2ccn(C)n2)CC1C. The fraction of sp³-hybridized carbons (Fsp3) is 0.769. The Morgan fingerprint density at radius 2 is 2.19 bits per heavy atom. The van der Waals surface area contributed by atoms with E-state index in [1.54, 1.807) is 0 Å². The van der Waals surface area contributed by atoms with E-state index in [0.717, 1.165) is 24.1 Å². The lowest BCUT2D eigenvalue weighted by molar-refractivity contribution is 0.225. The second kappa shape index (κ2) is 5.00. The zero-order chi connectivity index (χ0) is 11.5. The molecule has 16 heavy (non-hydrogen) atoms. The molecule has 1 N–H and O–H groups in total. The molecule has 3 unspecified atom stereocenters. The van der Waals surface area contributed by atoms with E-state index in [4.69, 9.17) is 0 Å². The van der Waals surface area contributed by atoms with Crippen LogP contribution < -0.4 is 5.32 Å². The van der Waals surface area contributed by atoms with Crippen molar-refractivity contribution in [3.8, 4) is 0 Å². The predicted molar refractivity (Wildman–Crippen MR) is 66.0 cm³/mol. The van der Waals surface area contributed by atoms with Gasteiger partial charge in [-0.3, -0.25) is 4.68 Å². The van der Waals surface area contributed by atoms with Crippen LogP contribution in [0.3, 0.4) is 0 Å². The third-order valence-electron chi connectivity index (χ3n) is 3.94. The number of nitrogens with one attached hydrogen (secondary N) is 1. The van der Waals surface area contributed by atoms with Crippen molar-refractivity contribution in [2.45, 2.75) is 45.7 Å². The third-order valence-corrected chi connectivity index (χ3v) is 3.94.